The molecule has 3 rings (SSSR count). The van der Waals surface area contributed by atoms with E-state index in [2.05, 4.69) is 14.8 Å². The van der Waals surface area contributed by atoms with Gasteiger partial charge in [-0.05, 0) is 49.7 Å². The van der Waals surface area contributed by atoms with E-state index < -0.39 is 0 Å². The van der Waals surface area contributed by atoms with Crippen molar-refractivity contribution in [2.75, 3.05) is 0 Å². The van der Waals surface area contributed by atoms with Crippen LogP contribution in [0.3, 0.4) is 0 Å². The minimum Gasteiger partial charge on any atom is -0.388 e. The standard InChI is InChI=1S/C10H15N3OS/c14-5-8-11-12-10(15)13(8)9(6-1-2-6)7-3-4-7/h6-7,9,14H,1-5H2,(H,12,15). The third-order valence-electron chi connectivity index (χ3n) is 3.43. The summed E-state index contributed by atoms with van der Waals surface area (Å²) in [4.78, 5) is 0. The van der Waals surface area contributed by atoms with Gasteiger partial charge < -0.3 is 5.11 Å². The molecule has 82 valence electrons. The lowest BCUT2D eigenvalue weighted by Gasteiger charge is -2.18. The molecule has 1 aromatic rings. The van der Waals surface area contributed by atoms with Gasteiger partial charge in [0.15, 0.2) is 10.6 Å². The number of aliphatic hydroxyl groups excluding tert-OH is 1. The van der Waals surface area contributed by atoms with E-state index in [4.69, 9.17) is 12.2 Å². The molecule has 0 saturated heterocycles. The summed E-state index contributed by atoms with van der Waals surface area (Å²) in [7, 11) is 0. The van der Waals surface area contributed by atoms with E-state index in [9.17, 15) is 5.11 Å². The number of rotatable bonds is 4. The van der Waals surface area contributed by atoms with E-state index in [-0.39, 0.29) is 6.61 Å². The Morgan fingerprint density at radius 2 is 2.00 bits per heavy atom. The van der Waals surface area contributed by atoms with Crippen LogP contribution < -0.4 is 0 Å². The molecule has 0 aromatic carbocycles. The monoisotopic (exact) mass is 225 g/mol. The zero-order valence-electron chi connectivity index (χ0n) is 8.52. The number of aromatic amines is 1. The molecule has 0 radical (unpaired) electrons. The Morgan fingerprint density at radius 3 is 2.47 bits per heavy atom. The van der Waals surface area contributed by atoms with Gasteiger partial charge in [-0.15, -0.1) is 0 Å². The molecule has 15 heavy (non-hydrogen) atoms. The number of nitrogens with zero attached hydrogens (tertiary/aromatic N) is 2. The van der Waals surface area contributed by atoms with Crippen LogP contribution in [0, 0.1) is 16.6 Å². The Morgan fingerprint density at radius 1 is 1.40 bits per heavy atom. The molecule has 1 heterocycles. The van der Waals surface area contributed by atoms with Crippen LogP contribution in [-0.4, -0.2) is 19.9 Å². The van der Waals surface area contributed by atoms with Crippen LogP contribution in [-0.2, 0) is 6.61 Å². The first-order valence-corrected chi connectivity index (χ1v) is 5.98. The van der Waals surface area contributed by atoms with Crippen molar-refractivity contribution in [1.29, 1.82) is 0 Å². The second-order valence-electron chi connectivity index (χ2n) is 4.64. The van der Waals surface area contributed by atoms with E-state index in [0.29, 0.717) is 16.6 Å². The van der Waals surface area contributed by atoms with Crippen molar-refractivity contribution in [3.8, 4) is 0 Å². The highest BCUT2D eigenvalue weighted by Gasteiger charge is 2.43. The molecule has 1 aromatic heterocycles. The first kappa shape index (κ1) is 9.54. The number of hydrogen-bond donors (Lipinski definition) is 2. The number of aromatic nitrogens is 3. The smallest absolute Gasteiger partial charge is 0.195 e. The van der Waals surface area contributed by atoms with Crippen LogP contribution in [0.1, 0.15) is 37.5 Å². The van der Waals surface area contributed by atoms with Gasteiger partial charge in [-0.3, -0.25) is 9.67 Å². The van der Waals surface area contributed by atoms with E-state index in [1.165, 1.54) is 25.7 Å². The van der Waals surface area contributed by atoms with Gasteiger partial charge in [-0.2, -0.15) is 5.10 Å². The van der Waals surface area contributed by atoms with Crippen LogP contribution in [0.4, 0.5) is 0 Å². The van der Waals surface area contributed by atoms with Gasteiger partial charge in [-0.1, -0.05) is 0 Å². The van der Waals surface area contributed by atoms with Crippen LogP contribution in [0.2, 0.25) is 0 Å². The molecule has 0 atom stereocenters. The highest BCUT2D eigenvalue weighted by molar-refractivity contribution is 7.71. The lowest BCUT2D eigenvalue weighted by Crippen LogP contribution is -2.16. The maximum Gasteiger partial charge on any atom is 0.195 e. The molecule has 2 aliphatic carbocycles. The summed E-state index contributed by atoms with van der Waals surface area (Å²) in [6.45, 7) is -0.0247. The molecule has 2 aliphatic rings. The van der Waals surface area contributed by atoms with Crippen LogP contribution in [0.5, 0.6) is 0 Å². The molecule has 0 aliphatic heterocycles. The zero-order valence-corrected chi connectivity index (χ0v) is 9.33. The number of nitrogens with one attached hydrogen (secondary N) is 1. The highest BCUT2D eigenvalue weighted by atomic mass is 32.1. The van der Waals surface area contributed by atoms with E-state index in [0.717, 1.165) is 11.8 Å². The summed E-state index contributed by atoms with van der Waals surface area (Å²) in [6, 6.07) is 0.499. The Hall–Kier alpha value is -0.680. The lowest BCUT2D eigenvalue weighted by molar-refractivity contribution is 0.252. The van der Waals surface area contributed by atoms with Crippen molar-refractivity contribution in [3.05, 3.63) is 10.6 Å². The summed E-state index contributed by atoms with van der Waals surface area (Å²) in [5.74, 6) is 2.24. The van der Waals surface area contributed by atoms with Crippen LogP contribution in [0.25, 0.3) is 0 Å². The van der Waals surface area contributed by atoms with Gasteiger partial charge in [0.1, 0.15) is 6.61 Å². The van der Waals surface area contributed by atoms with Gasteiger partial charge in [0.2, 0.25) is 0 Å². The molecule has 0 spiro atoms. The molecule has 0 amide bonds. The summed E-state index contributed by atoms with van der Waals surface area (Å²) in [5, 5.41) is 16.1. The molecule has 4 nitrogen and oxygen atoms in total. The van der Waals surface area contributed by atoms with Crippen LogP contribution in [0.15, 0.2) is 0 Å². The second-order valence-corrected chi connectivity index (χ2v) is 5.03. The molecular weight excluding hydrogens is 210 g/mol. The van der Waals surface area contributed by atoms with Crippen molar-refractivity contribution in [1.82, 2.24) is 14.8 Å². The van der Waals surface area contributed by atoms with Crippen molar-refractivity contribution >= 4 is 12.2 Å². The fourth-order valence-electron chi connectivity index (χ4n) is 2.44. The second kappa shape index (κ2) is 3.42. The van der Waals surface area contributed by atoms with Gasteiger partial charge in [0.25, 0.3) is 0 Å². The largest absolute Gasteiger partial charge is 0.388 e. The minimum atomic E-state index is -0.0247. The van der Waals surface area contributed by atoms with Crippen molar-refractivity contribution in [2.24, 2.45) is 11.8 Å². The fourth-order valence-corrected chi connectivity index (χ4v) is 2.71. The van der Waals surface area contributed by atoms with Crippen molar-refractivity contribution in [3.63, 3.8) is 0 Å². The third kappa shape index (κ3) is 1.63. The molecule has 5 heteroatoms. The summed E-state index contributed by atoms with van der Waals surface area (Å²) in [6.07, 6.45) is 5.22. The summed E-state index contributed by atoms with van der Waals surface area (Å²) < 4.78 is 2.73. The maximum absolute atomic E-state index is 9.24. The van der Waals surface area contributed by atoms with E-state index >= 15 is 0 Å². The van der Waals surface area contributed by atoms with Crippen LogP contribution >= 0.6 is 12.2 Å². The molecule has 2 fully saturated rings. The quantitative estimate of drug-likeness (QED) is 0.768. The third-order valence-corrected chi connectivity index (χ3v) is 3.72. The highest BCUT2D eigenvalue weighted by Crippen LogP contribution is 2.52. The van der Waals surface area contributed by atoms with Crippen molar-refractivity contribution < 1.29 is 5.11 Å². The average Bonchev–Trinajstić information content (AvgIpc) is 3.10. The average molecular weight is 225 g/mol. The Kier molecular flexibility index (Phi) is 2.17. The zero-order chi connectivity index (χ0) is 10.4. The summed E-state index contributed by atoms with van der Waals surface area (Å²) >= 11 is 5.24. The van der Waals surface area contributed by atoms with Gasteiger partial charge in [-0.25, -0.2) is 0 Å². The van der Waals surface area contributed by atoms with E-state index in [1.54, 1.807) is 0 Å². The first-order chi connectivity index (χ1) is 7.31. The maximum atomic E-state index is 9.24. The van der Waals surface area contributed by atoms with Crippen molar-refractivity contribution in [2.45, 2.75) is 38.3 Å². The molecule has 2 saturated carbocycles. The Balaban J connectivity index is 2.00. The lowest BCUT2D eigenvalue weighted by atomic mass is 10.1. The Bertz CT molecular complexity index is 405. The normalized spacial score (nSPS) is 21.2. The first-order valence-electron chi connectivity index (χ1n) is 5.58. The number of hydrogen-bond acceptors (Lipinski definition) is 3. The predicted octanol–water partition coefficient (Wildman–Crippen LogP) is 1.79. The molecule has 0 bridgehead atoms. The number of H-pyrrole nitrogens is 1. The molecular formula is C10H15N3OS. The predicted molar refractivity (Wildman–Crippen MR) is 57.8 cm³/mol. The van der Waals surface area contributed by atoms with Gasteiger partial charge in [0, 0.05) is 6.04 Å². The SMILES string of the molecule is OCc1n[nH]c(=S)n1C(C1CC1)C1CC1. The number of aliphatic hydroxyl groups is 1. The fraction of sp³-hybridized carbons (Fsp3) is 0.800. The minimum absolute atomic E-state index is 0.0247. The topological polar surface area (TPSA) is 53.8 Å². The van der Waals surface area contributed by atoms with E-state index in [1.807, 2.05) is 0 Å². The Labute approximate surface area is 93.3 Å². The van der Waals surface area contributed by atoms with Gasteiger partial charge >= 0.3 is 0 Å². The van der Waals surface area contributed by atoms with Gasteiger partial charge in [0.05, 0.1) is 0 Å². The molecule has 0 unspecified atom stereocenters. The summed E-state index contributed by atoms with van der Waals surface area (Å²) in [5.41, 5.74) is 0. The molecule has 2 N–H and O–H groups in total.